The first-order chi connectivity index (χ1) is 16.1. The van der Waals surface area contributed by atoms with Crippen molar-refractivity contribution in [3.05, 3.63) is 101 Å². The number of carbonyl (C=O) groups is 2. The second kappa shape index (κ2) is 8.66. The molecule has 3 aromatic carbocycles. The fourth-order valence-electron chi connectivity index (χ4n) is 3.80. The van der Waals surface area contributed by atoms with E-state index >= 15 is 0 Å². The molecule has 34 heavy (non-hydrogen) atoms. The summed E-state index contributed by atoms with van der Waals surface area (Å²) in [4.78, 5) is 26.9. The zero-order chi connectivity index (χ0) is 24.6. The number of hydrogen-bond donors (Lipinski definition) is 1. The highest BCUT2D eigenvalue weighted by Crippen LogP contribution is 2.43. The standard InChI is InChI=1S/C25H17F4NO4/c1-34-19-11-7-15(8-12-19)22(31)20-21(14-5-9-17(26)10-6-14)30(24(33)23(20)32)18-4-2-3-16(13-18)25(27,28)29/h2-13,21,31H,1H3/b22-20+/t21-/m0/s1. The quantitative estimate of drug-likeness (QED) is 0.237. The zero-order valence-electron chi connectivity index (χ0n) is 17.6. The van der Waals surface area contributed by atoms with Crippen LogP contribution in [0.2, 0.25) is 0 Å². The summed E-state index contributed by atoms with van der Waals surface area (Å²) in [5.74, 6) is -2.83. The van der Waals surface area contributed by atoms with Crippen molar-refractivity contribution < 1.29 is 37.0 Å². The van der Waals surface area contributed by atoms with Crippen LogP contribution in [-0.2, 0) is 15.8 Å². The number of anilines is 1. The van der Waals surface area contributed by atoms with Crippen molar-refractivity contribution in [3.63, 3.8) is 0 Å². The van der Waals surface area contributed by atoms with E-state index in [-0.39, 0.29) is 22.4 Å². The average Bonchev–Trinajstić information content (AvgIpc) is 3.09. The number of hydrogen-bond acceptors (Lipinski definition) is 4. The molecular formula is C25H17F4NO4. The van der Waals surface area contributed by atoms with Gasteiger partial charge in [-0.25, -0.2) is 4.39 Å². The molecule has 9 heteroatoms. The lowest BCUT2D eigenvalue weighted by Gasteiger charge is -2.26. The number of methoxy groups -OCH3 is 1. The van der Waals surface area contributed by atoms with E-state index in [1.54, 1.807) is 0 Å². The average molecular weight is 471 g/mol. The first-order valence-electron chi connectivity index (χ1n) is 10.00. The summed E-state index contributed by atoms with van der Waals surface area (Å²) in [7, 11) is 1.45. The summed E-state index contributed by atoms with van der Waals surface area (Å²) in [6, 6.07) is 13.4. The number of amides is 1. The first-order valence-corrected chi connectivity index (χ1v) is 10.00. The fourth-order valence-corrected chi connectivity index (χ4v) is 3.80. The van der Waals surface area contributed by atoms with Gasteiger partial charge in [-0.3, -0.25) is 14.5 Å². The molecule has 0 saturated carbocycles. The maximum absolute atomic E-state index is 13.6. The van der Waals surface area contributed by atoms with Crippen LogP contribution < -0.4 is 9.64 Å². The summed E-state index contributed by atoms with van der Waals surface area (Å²) in [6.45, 7) is 0. The van der Waals surface area contributed by atoms with Crippen molar-refractivity contribution in [2.75, 3.05) is 12.0 Å². The number of ketones is 1. The second-order valence-electron chi connectivity index (χ2n) is 7.50. The summed E-state index contributed by atoms with van der Waals surface area (Å²) in [5.41, 5.74) is -1.12. The minimum atomic E-state index is -4.68. The summed E-state index contributed by atoms with van der Waals surface area (Å²) >= 11 is 0. The highest BCUT2D eigenvalue weighted by Gasteiger charge is 2.47. The van der Waals surface area contributed by atoms with Gasteiger partial charge in [0.1, 0.15) is 17.3 Å². The minimum absolute atomic E-state index is 0.190. The molecule has 1 aliphatic rings. The Morgan fingerprint density at radius 3 is 2.21 bits per heavy atom. The van der Waals surface area contributed by atoms with Gasteiger partial charge in [-0.2, -0.15) is 13.2 Å². The predicted octanol–water partition coefficient (Wildman–Crippen LogP) is 5.48. The lowest BCUT2D eigenvalue weighted by atomic mass is 9.95. The summed E-state index contributed by atoms with van der Waals surface area (Å²) < 4.78 is 58.6. The van der Waals surface area contributed by atoms with Gasteiger partial charge in [-0.15, -0.1) is 0 Å². The Morgan fingerprint density at radius 1 is 0.971 bits per heavy atom. The third kappa shape index (κ3) is 4.12. The Bertz CT molecular complexity index is 1280. The largest absolute Gasteiger partial charge is 0.507 e. The van der Waals surface area contributed by atoms with Crippen LogP contribution in [0.1, 0.15) is 22.7 Å². The molecule has 0 spiro atoms. The van der Waals surface area contributed by atoms with Gasteiger partial charge in [-0.05, 0) is 60.2 Å². The van der Waals surface area contributed by atoms with Crippen LogP contribution >= 0.6 is 0 Å². The van der Waals surface area contributed by atoms with Gasteiger partial charge >= 0.3 is 6.18 Å². The Kier molecular flexibility index (Phi) is 5.87. The number of carbonyl (C=O) groups excluding carboxylic acids is 2. The van der Waals surface area contributed by atoms with Crippen LogP contribution in [0.5, 0.6) is 5.75 Å². The Labute approximate surface area is 191 Å². The van der Waals surface area contributed by atoms with Crippen LogP contribution in [0, 0.1) is 5.82 Å². The summed E-state index contributed by atoms with van der Waals surface area (Å²) in [5, 5.41) is 11.0. The predicted molar refractivity (Wildman–Crippen MR) is 116 cm³/mol. The van der Waals surface area contributed by atoms with Crippen molar-refractivity contribution >= 4 is 23.1 Å². The van der Waals surface area contributed by atoms with Gasteiger partial charge in [-0.1, -0.05) is 18.2 Å². The van der Waals surface area contributed by atoms with Gasteiger partial charge in [0.2, 0.25) is 0 Å². The third-order valence-electron chi connectivity index (χ3n) is 5.45. The van der Waals surface area contributed by atoms with Crippen LogP contribution in [0.3, 0.4) is 0 Å². The van der Waals surface area contributed by atoms with E-state index in [4.69, 9.17) is 4.74 Å². The molecule has 1 amide bonds. The molecule has 0 radical (unpaired) electrons. The second-order valence-corrected chi connectivity index (χ2v) is 7.50. The Morgan fingerprint density at radius 2 is 1.62 bits per heavy atom. The van der Waals surface area contributed by atoms with Gasteiger partial charge < -0.3 is 9.84 Å². The molecule has 1 N–H and O–H groups in total. The van der Waals surface area contributed by atoms with Crippen LogP contribution in [-0.4, -0.2) is 23.9 Å². The van der Waals surface area contributed by atoms with E-state index < -0.39 is 41.0 Å². The smallest absolute Gasteiger partial charge is 0.416 e. The molecule has 174 valence electrons. The van der Waals surface area contributed by atoms with Crippen molar-refractivity contribution in [1.82, 2.24) is 0 Å². The molecule has 1 aliphatic heterocycles. The molecule has 1 fully saturated rings. The van der Waals surface area contributed by atoms with E-state index in [1.807, 2.05) is 0 Å². The highest BCUT2D eigenvalue weighted by atomic mass is 19.4. The van der Waals surface area contributed by atoms with E-state index in [9.17, 15) is 32.3 Å². The molecule has 3 aromatic rings. The summed E-state index contributed by atoms with van der Waals surface area (Å²) in [6.07, 6.45) is -4.68. The third-order valence-corrected chi connectivity index (χ3v) is 5.45. The van der Waals surface area contributed by atoms with E-state index in [0.717, 1.165) is 35.2 Å². The lowest BCUT2D eigenvalue weighted by Crippen LogP contribution is -2.29. The SMILES string of the molecule is COc1ccc(/C(O)=C2\C(=O)C(=O)N(c3cccc(C(F)(F)F)c3)[C@H]2c2ccc(F)cc2)cc1. The topological polar surface area (TPSA) is 66.8 Å². The Balaban J connectivity index is 1.92. The zero-order valence-corrected chi connectivity index (χ0v) is 17.6. The molecule has 1 saturated heterocycles. The molecule has 5 nitrogen and oxygen atoms in total. The number of ether oxygens (including phenoxy) is 1. The number of alkyl halides is 3. The van der Waals surface area contributed by atoms with Crippen molar-refractivity contribution in [2.24, 2.45) is 0 Å². The maximum Gasteiger partial charge on any atom is 0.416 e. The lowest BCUT2D eigenvalue weighted by molar-refractivity contribution is -0.137. The number of aliphatic hydroxyl groups is 1. The van der Waals surface area contributed by atoms with Gasteiger partial charge in [0.25, 0.3) is 11.7 Å². The van der Waals surface area contributed by atoms with Crippen LogP contribution in [0.4, 0.5) is 23.2 Å². The number of nitrogens with zero attached hydrogens (tertiary/aromatic N) is 1. The molecule has 4 rings (SSSR count). The number of halogens is 4. The highest BCUT2D eigenvalue weighted by molar-refractivity contribution is 6.51. The van der Waals surface area contributed by atoms with Crippen molar-refractivity contribution in [2.45, 2.75) is 12.2 Å². The van der Waals surface area contributed by atoms with E-state index in [2.05, 4.69) is 0 Å². The van der Waals surface area contributed by atoms with Crippen LogP contribution in [0.25, 0.3) is 5.76 Å². The van der Waals surface area contributed by atoms with E-state index in [1.165, 1.54) is 49.6 Å². The number of Topliss-reactive ketones (excluding diaryl/α,β-unsaturated/α-hetero) is 1. The molecular weight excluding hydrogens is 454 g/mol. The van der Waals surface area contributed by atoms with Gasteiger partial charge in [0, 0.05) is 11.3 Å². The van der Waals surface area contributed by atoms with Gasteiger partial charge in [0.05, 0.1) is 24.3 Å². The number of benzene rings is 3. The molecule has 0 aromatic heterocycles. The van der Waals surface area contributed by atoms with E-state index in [0.29, 0.717) is 5.75 Å². The van der Waals surface area contributed by atoms with Crippen LogP contribution in [0.15, 0.2) is 78.4 Å². The molecule has 0 aliphatic carbocycles. The first kappa shape index (κ1) is 23.0. The fraction of sp³-hybridized carbons (Fsp3) is 0.120. The van der Waals surface area contributed by atoms with Crippen molar-refractivity contribution in [3.8, 4) is 5.75 Å². The monoisotopic (exact) mass is 471 g/mol. The molecule has 0 bridgehead atoms. The van der Waals surface area contributed by atoms with Gasteiger partial charge in [0.15, 0.2) is 0 Å². The maximum atomic E-state index is 13.6. The normalized spacial score (nSPS) is 17.8. The number of rotatable bonds is 4. The van der Waals surface area contributed by atoms with Crippen molar-refractivity contribution in [1.29, 1.82) is 0 Å². The Hall–Kier alpha value is -4.14. The molecule has 1 atom stereocenters. The molecule has 1 heterocycles. The number of aliphatic hydroxyl groups excluding tert-OH is 1. The minimum Gasteiger partial charge on any atom is -0.507 e. The molecule has 0 unspecified atom stereocenters.